The zero-order valence-electron chi connectivity index (χ0n) is 16.2. The lowest BCUT2D eigenvalue weighted by Gasteiger charge is -2.30. The number of benzene rings is 2. The van der Waals surface area contributed by atoms with E-state index < -0.39 is 5.97 Å². The Morgan fingerprint density at radius 3 is 2.59 bits per heavy atom. The molecule has 0 atom stereocenters. The van der Waals surface area contributed by atoms with Crippen LogP contribution in [0.5, 0.6) is 5.75 Å². The molecule has 1 aromatic heterocycles. The summed E-state index contributed by atoms with van der Waals surface area (Å²) in [5.74, 6) is 1.32. The number of nitrogens with zero attached hydrogens (tertiary/aromatic N) is 3. The van der Waals surface area contributed by atoms with Gasteiger partial charge < -0.3 is 14.4 Å². The van der Waals surface area contributed by atoms with Crippen LogP contribution in [0.2, 0.25) is 0 Å². The minimum Gasteiger partial charge on any atom is -0.496 e. The van der Waals surface area contributed by atoms with Crippen LogP contribution in [-0.4, -0.2) is 46.3 Å². The highest BCUT2D eigenvalue weighted by Crippen LogP contribution is 2.32. The molecule has 7 heteroatoms. The van der Waals surface area contributed by atoms with Gasteiger partial charge in [-0.2, -0.15) is 4.98 Å². The Bertz CT molecular complexity index is 976. The van der Waals surface area contributed by atoms with Crippen molar-refractivity contribution in [2.75, 3.05) is 20.2 Å². The van der Waals surface area contributed by atoms with Crippen molar-refractivity contribution in [2.45, 2.75) is 25.3 Å². The fraction of sp³-hybridized carbons (Fsp3) is 0.318. The standard InChI is InChI=1S/C22H23N3O4/c1-28-19-5-3-2-4-18(19)21-23-20(24-29-21)16-10-12-25(13-11-16)14-15-6-8-17(9-7-15)22(26)27/h2-9,16H,10-14H2,1H3,(H,26,27). The van der Waals surface area contributed by atoms with Crippen molar-refractivity contribution in [1.82, 2.24) is 15.0 Å². The van der Waals surface area contributed by atoms with E-state index in [0.29, 0.717) is 17.2 Å². The number of hydrogen-bond donors (Lipinski definition) is 1. The summed E-state index contributed by atoms with van der Waals surface area (Å²) in [6.07, 6.45) is 1.91. The number of carboxylic acids is 1. The molecule has 2 aromatic carbocycles. The summed E-state index contributed by atoms with van der Waals surface area (Å²) >= 11 is 0. The third-order valence-corrected chi connectivity index (χ3v) is 5.34. The maximum Gasteiger partial charge on any atom is 0.335 e. The SMILES string of the molecule is COc1ccccc1-c1nc(C2CCN(Cc3ccc(C(=O)O)cc3)CC2)no1. The molecule has 0 radical (unpaired) electrons. The van der Waals surface area contributed by atoms with Crippen molar-refractivity contribution in [3.8, 4) is 17.2 Å². The molecule has 1 fully saturated rings. The molecule has 2 heterocycles. The van der Waals surface area contributed by atoms with Gasteiger partial charge in [0.15, 0.2) is 5.82 Å². The second-order valence-corrected chi connectivity index (χ2v) is 7.21. The number of ether oxygens (including phenoxy) is 1. The van der Waals surface area contributed by atoms with E-state index in [0.717, 1.165) is 49.4 Å². The number of aromatic carboxylic acids is 1. The summed E-state index contributed by atoms with van der Waals surface area (Å²) in [5.41, 5.74) is 2.23. The molecule has 1 aliphatic heterocycles. The van der Waals surface area contributed by atoms with Crippen molar-refractivity contribution >= 4 is 5.97 Å². The third-order valence-electron chi connectivity index (χ3n) is 5.34. The molecule has 0 unspecified atom stereocenters. The number of methoxy groups -OCH3 is 1. The molecular weight excluding hydrogens is 370 g/mol. The number of para-hydroxylation sites is 1. The predicted octanol–water partition coefficient (Wildman–Crippen LogP) is 3.82. The van der Waals surface area contributed by atoms with Gasteiger partial charge in [0.05, 0.1) is 18.2 Å². The molecule has 0 bridgehead atoms. The van der Waals surface area contributed by atoms with Gasteiger partial charge >= 0.3 is 5.97 Å². The van der Waals surface area contributed by atoms with E-state index in [1.165, 1.54) is 0 Å². The number of hydrogen-bond acceptors (Lipinski definition) is 6. The van der Waals surface area contributed by atoms with Gasteiger partial charge in [-0.1, -0.05) is 29.4 Å². The first kappa shape index (κ1) is 19.1. The molecule has 0 amide bonds. The van der Waals surface area contributed by atoms with Crippen LogP contribution in [0, 0.1) is 0 Å². The second-order valence-electron chi connectivity index (χ2n) is 7.21. The number of likely N-dealkylation sites (tertiary alicyclic amines) is 1. The fourth-order valence-corrected chi connectivity index (χ4v) is 3.69. The molecule has 29 heavy (non-hydrogen) atoms. The number of piperidine rings is 1. The van der Waals surface area contributed by atoms with Crippen molar-refractivity contribution < 1.29 is 19.2 Å². The van der Waals surface area contributed by atoms with E-state index in [1.54, 1.807) is 19.2 Å². The molecule has 7 nitrogen and oxygen atoms in total. The first-order valence-electron chi connectivity index (χ1n) is 9.65. The molecule has 1 aliphatic rings. The third kappa shape index (κ3) is 4.30. The van der Waals surface area contributed by atoms with Crippen LogP contribution in [0.25, 0.3) is 11.5 Å². The molecule has 3 aromatic rings. The van der Waals surface area contributed by atoms with Crippen LogP contribution in [0.1, 0.15) is 40.5 Å². The lowest BCUT2D eigenvalue weighted by molar-refractivity contribution is 0.0697. The summed E-state index contributed by atoms with van der Waals surface area (Å²) in [4.78, 5) is 17.9. The lowest BCUT2D eigenvalue weighted by Crippen LogP contribution is -2.32. The molecule has 0 aliphatic carbocycles. The van der Waals surface area contributed by atoms with E-state index in [9.17, 15) is 4.79 Å². The molecule has 0 spiro atoms. The monoisotopic (exact) mass is 393 g/mol. The zero-order chi connectivity index (χ0) is 20.2. The average molecular weight is 393 g/mol. The van der Waals surface area contributed by atoms with Gasteiger partial charge in [-0.05, 0) is 55.8 Å². The van der Waals surface area contributed by atoms with E-state index >= 15 is 0 Å². The Hall–Kier alpha value is -3.19. The molecule has 0 saturated carbocycles. The zero-order valence-corrected chi connectivity index (χ0v) is 16.2. The topological polar surface area (TPSA) is 88.7 Å². The minimum atomic E-state index is -0.898. The van der Waals surface area contributed by atoms with Gasteiger partial charge in [-0.3, -0.25) is 4.90 Å². The average Bonchev–Trinajstić information content (AvgIpc) is 3.25. The Labute approximate surface area is 168 Å². The van der Waals surface area contributed by atoms with Crippen molar-refractivity contribution in [1.29, 1.82) is 0 Å². The quantitative estimate of drug-likeness (QED) is 0.681. The van der Waals surface area contributed by atoms with Crippen LogP contribution in [0.3, 0.4) is 0 Å². The van der Waals surface area contributed by atoms with E-state index in [2.05, 4.69) is 15.0 Å². The van der Waals surface area contributed by atoms with Crippen molar-refractivity contribution in [3.63, 3.8) is 0 Å². The minimum absolute atomic E-state index is 0.271. The largest absolute Gasteiger partial charge is 0.496 e. The fourth-order valence-electron chi connectivity index (χ4n) is 3.69. The molecular formula is C22H23N3O4. The first-order valence-corrected chi connectivity index (χ1v) is 9.65. The smallest absolute Gasteiger partial charge is 0.335 e. The van der Waals surface area contributed by atoms with Crippen molar-refractivity contribution in [3.05, 3.63) is 65.5 Å². The highest BCUT2D eigenvalue weighted by molar-refractivity contribution is 5.87. The Balaban J connectivity index is 1.36. The van der Waals surface area contributed by atoms with Gasteiger partial charge in [0.25, 0.3) is 5.89 Å². The summed E-state index contributed by atoms with van der Waals surface area (Å²) < 4.78 is 10.9. The van der Waals surface area contributed by atoms with Crippen LogP contribution >= 0.6 is 0 Å². The number of aromatic nitrogens is 2. The van der Waals surface area contributed by atoms with Crippen LogP contribution in [-0.2, 0) is 6.54 Å². The summed E-state index contributed by atoms with van der Waals surface area (Å²) in [6.45, 7) is 2.68. The molecule has 150 valence electrons. The highest BCUT2D eigenvalue weighted by atomic mass is 16.5. The van der Waals surface area contributed by atoms with Crippen LogP contribution in [0.4, 0.5) is 0 Å². The van der Waals surface area contributed by atoms with Gasteiger partial charge in [-0.15, -0.1) is 0 Å². The lowest BCUT2D eigenvalue weighted by atomic mass is 9.95. The first-order chi connectivity index (χ1) is 14.1. The molecule has 4 rings (SSSR count). The van der Waals surface area contributed by atoms with E-state index in [-0.39, 0.29) is 5.92 Å². The van der Waals surface area contributed by atoms with Gasteiger partial charge in [0.1, 0.15) is 5.75 Å². The number of carbonyl (C=O) groups is 1. The number of rotatable bonds is 6. The van der Waals surface area contributed by atoms with E-state index in [4.69, 9.17) is 14.4 Å². The van der Waals surface area contributed by atoms with E-state index in [1.807, 2.05) is 36.4 Å². The van der Waals surface area contributed by atoms with Crippen LogP contribution in [0.15, 0.2) is 53.1 Å². The van der Waals surface area contributed by atoms with Crippen LogP contribution < -0.4 is 4.74 Å². The maximum absolute atomic E-state index is 11.0. The summed E-state index contributed by atoms with van der Waals surface area (Å²) in [5, 5.41) is 13.2. The number of carboxylic acid groups (broad SMARTS) is 1. The summed E-state index contributed by atoms with van der Waals surface area (Å²) in [7, 11) is 1.63. The second kappa shape index (κ2) is 8.45. The van der Waals surface area contributed by atoms with Crippen molar-refractivity contribution in [2.24, 2.45) is 0 Å². The van der Waals surface area contributed by atoms with Gasteiger partial charge in [0, 0.05) is 12.5 Å². The molecule has 1 N–H and O–H groups in total. The normalized spacial score (nSPS) is 15.3. The Morgan fingerprint density at radius 2 is 1.90 bits per heavy atom. The van der Waals surface area contributed by atoms with Gasteiger partial charge in [-0.25, -0.2) is 4.79 Å². The predicted molar refractivity (Wildman–Crippen MR) is 107 cm³/mol. The Kier molecular flexibility index (Phi) is 5.57. The Morgan fingerprint density at radius 1 is 1.17 bits per heavy atom. The molecule has 1 saturated heterocycles. The highest BCUT2D eigenvalue weighted by Gasteiger charge is 2.25. The van der Waals surface area contributed by atoms with Gasteiger partial charge in [0.2, 0.25) is 0 Å². The summed E-state index contributed by atoms with van der Waals surface area (Å²) in [6, 6.07) is 14.7. The maximum atomic E-state index is 11.0.